The second-order valence-electron chi connectivity index (χ2n) is 4.33. The summed E-state index contributed by atoms with van der Waals surface area (Å²) in [6.07, 6.45) is 3.86. The van der Waals surface area contributed by atoms with Crippen molar-refractivity contribution in [3.8, 4) is 0 Å². The van der Waals surface area contributed by atoms with E-state index in [2.05, 4.69) is 4.98 Å². The Morgan fingerprint density at radius 3 is 2.94 bits per heavy atom. The first-order valence-electron chi connectivity index (χ1n) is 5.90. The maximum atomic E-state index is 12.5. The second-order valence-corrected chi connectivity index (χ2v) is 6.19. The zero-order valence-electron chi connectivity index (χ0n) is 9.99. The van der Waals surface area contributed by atoms with Crippen LogP contribution in [0.4, 0.5) is 5.82 Å². The molecule has 0 saturated carbocycles. The Morgan fingerprint density at radius 2 is 2.28 bits per heavy atom. The quantitative estimate of drug-likeness (QED) is 0.818. The van der Waals surface area contributed by atoms with Crippen molar-refractivity contribution >= 4 is 15.8 Å². The van der Waals surface area contributed by atoms with E-state index in [1.165, 1.54) is 16.6 Å². The molecule has 1 atom stereocenters. The number of hydrogen-bond acceptors (Lipinski definition) is 5. The Bertz CT molecular complexity index is 518. The van der Waals surface area contributed by atoms with Crippen LogP contribution in [0.2, 0.25) is 0 Å². The van der Waals surface area contributed by atoms with Gasteiger partial charge in [-0.05, 0) is 25.0 Å². The monoisotopic (exact) mass is 271 g/mol. The number of anilines is 1. The van der Waals surface area contributed by atoms with Gasteiger partial charge < -0.3 is 10.8 Å². The molecule has 1 aromatic rings. The predicted molar refractivity (Wildman–Crippen MR) is 67.3 cm³/mol. The highest BCUT2D eigenvalue weighted by molar-refractivity contribution is 7.89. The van der Waals surface area contributed by atoms with Crippen LogP contribution >= 0.6 is 0 Å². The first-order chi connectivity index (χ1) is 8.57. The molecule has 0 aromatic carbocycles. The van der Waals surface area contributed by atoms with Crippen LogP contribution in [0.5, 0.6) is 0 Å². The lowest BCUT2D eigenvalue weighted by atomic mass is 10.1. The molecule has 1 aromatic heterocycles. The van der Waals surface area contributed by atoms with Crippen molar-refractivity contribution in [3.63, 3.8) is 0 Å². The molecule has 0 amide bonds. The lowest BCUT2D eigenvalue weighted by Crippen LogP contribution is -2.45. The highest BCUT2D eigenvalue weighted by Gasteiger charge is 2.34. The zero-order valence-corrected chi connectivity index (χ0v) is 10.8. The van der Waals surface area contributed by atoms with Crippen molar-refractivity contribution in [1.82, 2.24) is 9.29 Å². The second kappa shape index (κ2) is 5.21. The number of sulfonamides is 1. The summed E-state index contributed by atoms with van der Waals surface area (Å²) in [7, 11) is -3.67. The molecular formula is C11H17N3O3S. The van der Waals surface area contributed by atoms with Gasteiger partial charge in [0.2, 0.25) is 10.0 Å². The summed E-state index contributed by atoms with van der Waals surface area (Å²) in [5.74, 6) is -0.000219. The van der Waals surface area contributed by atoms with E-state index in [1.807, 2.05) is 0 Å². The number of pyridine rings is 1. The molecule has 18 heavy (non-hydrogen) atoms. The molecule has 3 N–H and O–H groups in total. The highest BCUT2D eigenvalue weighted by Crippen LogP contribution is 2.27. The van der Waals surface area contributed by atoms with E-state index in [4.69, 9.17) is 5.73 Å². The fourth-order valence-corrected chi connectivity index (χ4v) is 3.97. The highest BCUT2D eigenvalue weighted by atomic mass is 32.2. The standard InChI is InChI=1S/C11H17N3O3S/c12-11-10(5-3-6-13-11)18(16,17)14-7-2-1-4-9(14)8-15/h3,5-6,9,15H,1-2,4,7-8H2,(H2,12,13). The summed E-state index contributed by atoms with van der Waals surface area (Å²) in [5.41, 5.74) is 5.62. The SMILES string of the molecule is Nc1ncccc1S(=O)(=O)N1CCCCC1CO. The van der Waals surface area contributed by atoms with Gasteiger partial charge >= 0.3 is 0 Å². The average molecular weight is 271 g/mol. The first kappa shape index (κ1) is 13.3. The maximum absolute atomic E-state index is 12.5. The topological polar surface area (TPSA) is 96.5 Å². The van der Waals surface area contributed by atoms with E-state index in [9.17, 15) is 13.5 Å². The Labute approximate surface area is 106 Å². The van der Waals surface area contributed by atoms with Gasteiger partial charge in [0, 0.05) is 18.8 Å². The number of nitrogens with two attached hydrogens (primary N) is 1. The number of hydrogen-bond donors (Lipinski definition) is 2. The van der Waals surface area contributed by atoms with Crippen LogP contribution in [0, 0.1) is 0 Å². The normalized spacial score (nSPS) is 21.9. The lowest BCUT2D eigenvalue weighted by Gasteiger charge is -2.33. The first-order valence-corrected chi connectivity index (χ1v) is 7.34. The van der Waals surface area contributed by atoms with Gasteiger partial charge in [-0.2, -0.15) is 4.31 Å². The molecule has 2 rings (SSSR count). The Morgan fingerprint density at radius 1 is 1.50 bits per heavy atom. The van der Waals surface area contributed by atoms with Crippen molar-refractivity contribution in [2.45, 2.75) is 30.2 Å². The van der Waals surface area contributed by atoms with Crippen LogP contribution in [0.25, 0.3) is 0 Å². The molecule has 1 aliphatic rings. The predicted octanol–water partition coefficient (Wildman–Crippen LogP) is 0.199. The Kier molecular flexibility index (Phi) is 3.84. The van der Waals surface area contributed by atoms with Gasteiger partial charge in [0.15, 0.2) is 0 Å². The molecule has 1 unspecified atom stereocenters. The Hall–Kier alpha value is -1.18. The molecule has 100 valence electrons. The van der Waals surface area contributed by atoms with E-state index >= 15 is 0 Å². The van der Waals surface area contributed by atoms with Crippen LogP contribution < -0.4 is 5.73 Å². The molecule has 1 aliphatic heterocycles. The Balaban J connectivity index is 2.39. The summed E-state index contributed by atoms with van der Waals surface area (Å²) < 4.78 is 26.3. The third-order valence-electron chi connectivity index (χ3n) is 3.17. The number of aliphatic hydroxyl groups is 1. The smallest absolute Gasteiger partial charge is 0.247 e. The maximum Gasteiger partial charge on any atom is 0.247 e. The van der Waals surface area contributed by atoms with Crippen molar-refractivity contribution < 1.29 is 13.5 Å². The fraction of sp³-hybridized carbons (Fsp3) is 0.545. The molecule has 2 heterocycles. The molecule has 0 aliphatic carbocycles. The minimum atomic E-state index is -3.67. The molecule has 6 nitrogen and oxygen atoms in total. The lowest BCUT2D eigenvalue weighted by molar-refractivity contribution is 0.155. The summed E-state index contributed by atoms with van der Waals surface area (Å²) in [5, 5.41) is 9.29. The molecular weight excluding hydrogens is 254 g/mol. The summed E-state index contributed by atoms with van der Waals surface area (Å²) in [6, 6.07) is 2.63. The number of nitrogen functional groups attached to an aromatic ring is 1. The average Bonchev–Trinajstić information content (AvgIpc) is 2.39. The summed E-state index contributed by atoms with van der Waals surface area (Å²) >= 11 is 0. The number of nitrogens with zero attached hydrogens (tertiary/aromatic N) is 2. The van der Waals surface area contributed by atoms with E-state index in [1.54, 1.807) is 6.07 Å². The van der Waals surface area contributed by atoms with Crippen molar-refractivity contribution in [1.29, 1.82) is 0 Å². The van der Waals surface area contributed by atoms with Gasteiger partial charge in [-0.25, -0.2) is 13.4 Å². The fourth-order valence-electron chi connectivity index (χ4n) is 2.22. The van der Waals surface area contributed by atoms with Gasteiger partial charge in [-0.1, -0.05) is 6.42 Å². The third kappa shape index (κ3) is 2.33. The molecule has 1 saturated heterocycles. The van der Waals surface area contributed by atoms with Crippen LogP contribution in [0.1, 0.15) is 19.3 Å². The molecule has 1 fully saturated rings. The van der Waals surface area contributed by atoms with Gasteiger partial charge in [0.05, 0.1) is 6.61 Å². The number of rotatable bonds is 3. The van der Waals surface area contributed by atoms with Crippen molar-refractivity contribution in [2.24, 2.45) is 0 Å². The van der Waals surface area contributed by atoms with Gasteiger partial charge in [0.25, 0.3) is 0 Å². The van der Waals surface area contributed by atoms with E-state index in [0.717, 1.165) is 12.8 Å². The van der Waals surface area contributed by atoms with Crippen LogP contribution in [0.3, 0.4) is 0 Å². The van der Waals surface area contributed by atoms with E-state index in [-0.39, 0.29) is 23.4 Å². The number of aliphatic hydroxyl groups excluding tert-OH is 1. The van der Waals surface area contributed by atoms with E-state index in [0.29, 0.717) is 13.0 Å². The summed E-state index contributed by atoms with van der Waals surface area (Å²) in [6.45, 7) is 0.251. The molecule has 0 radical (unpaired) electrons. The molecule has 0 bridgehead atoms. The van der Waals surface area contributed by atoms with Gasteiger partial charge in [0.1, 0.15) is 10.7 Å². The molecule has 7 heteroatoms. The van der Waals surface area contributed by atoms with Gasteiger partial charge in [-0.15, -0.1) is 0 Å². The minimum Gasteiger partial charge on any atom is -0.395 e. The number of piperidine rings is 1. The van der Waals surface area contributed by atoms with Crippen LogP contribution in [-0.2, 0) is 10.0 Å². The minimum absolute atomic E-state index is 0.000219. The third-order valence-corrected chi connectivity index (χ3v) is 5.17. The summed E-state index contributed by atoms with van der Waals surface area (Å²) in [4.78, 5) is 3.82. The van der Waals surface area contributed by atoms with E-state index < -0.39 is 10.0 Å². The largest absolute Gasteiger partial charge is 0.395 e. The van der Waals surface area contributed by atoms with Crippen molar-refractivity contribution in [2.75, 3.05) is 18.9 Å². The van der Waals surface area contributed by atoms with Crippen LogP contribution in [-0.4, -0.2) is 42.0 Å². The molecule has 0 spiro atoms. The number of aromatic nitrogens is 1. The van der Waals surface area contributed by atoms with Crippen LogP contribution in [0.15, 0.2) is 23.2 Å². The van der Waals surface area contributed by atoms with Crippen molar-refractivity contribution in [3.05, 3.63) is 18.3 Å². The zero-order chi connectivity index (χ0) is 13.2. The van der Waals surface area contributed by atoms with Gasteiger partial charge in [-0.3, -0.25) is 0 Å².